The van der Waals surface area contributed by atoms with Gasteiger partial charge >= 0.3 is 0 Å². The number of carbonyl (C=O) groups is 1. The molecule has 0 fully saturated rings. The molecular weight excluding hydrogens is 318 g/mol. The highest BCUT2D eigenvalue weighted by Gasteiger charge is 2.21. The number of benzene rings is 1. The molecule has 5 nitrogen and oxygen atoms in total. The average molecular weight is 331 g/mol. The lowest BCUT2D eigenvalue weighted by Crippen LogP contribution is -2.22. The molecule has 1 aromatic carbocycles. The van der Waals surface area contributed by atoms with E-state index in [2.05, 4.69) is 15.5 Å². The molecule has 1 N–H and O–H groups in total. The van der Waals surface area contributed by atoms with Crippen LogP contribution in [0.25, 0.3) is 10.6 Å². The number of anilines is 1. The van der Waals surface area contributed by atoms with Crippen molar-refractivity contribution in [2.75, 3.05) is 12.4 Å². The van der Waals surface area contributed by atoms with Gasteiger partial charge in [-0.25, -0.2) is 0 Å². The molecule has 2 aromatic heterocycles. The Morgan fingerprint density at radius 3 is 2.73 bits per heavy atom. The fourth-order valence-electron chi connectivity index (χ4n) is 1.97. The Bertz CT molecular complexity index is 741. The maximum Gasteiger partial charge on any atom is 0.259 e. The first-order valence-corrected chi connectivity index (χ1v) is 8.28. The van der Waals surface area contributed by atoms with Crippen LogP contribution in [0.2, 0.25) is 0 Å². The third-order valence-electron chi connectivity index (χ3n) is 3.00. The Morgan fingerprint density at radius 1 is 1.23 bits per heavy atom. The molecule has 0 saturated carbocycles. The highest BCUT2D eigenvalue weighted by molar-refractivity contribution is 7.19. The minimum absolute atomic E-state index is 0.262. The van der Waals surface area contributed by atoms with Crippen LogP contribution in [-0.4, -0.2) is 23.2 Å². The fraction of sp³-hybridized carbons (Fsp3) is 0.133. The van der Waals surface area contributed by atoms with Gasteiger partial charge < -0.3 is 4.74 Å². The highest BCUT2D eigenvalue weighted by atomic mass is 32.1. The number of nitrogens with zero attached hydrogens (tertiary/aromatic N) is 2. The average Bonchev–Trinajstić information content (AvgIpc) is 3.20. The van der Waals surface area contributed by atoms with Crippen LogP contribution in [0.4, 0.5) is 5.13 Å². The molecule has 0 aliphatic rings. The first kappa shape index (κ1) is 14.8. The number of methoxy groups -OCH3 is 1. The normalized spacial score (nSPS) is 12.0. The molecule has 3 aromatic rings. The van der Waals surface area contributed by atoms with Crippen LogP contribution in [0.5, 0.6) is 0 Å². The number of ether oxygens (including phenoxy) is 1. The number of aromatic nitrogens is 2. The Balaban J connectivity index is 1.73. The molecule has 112 valence electrons. The van der Waals surface area contributed by atoms with Crippen LogP contribution in [0.1, 0.15) is 11.7 Å². The summed E-state index contributed by atoms with van der Waals surface area (Å²) in [5.41, 5.74) is 1.81. The zero-order valence-electron chi connectivity index (χ0n) is 11.7. The van der Waals surface area contributed by atoms with Gasteiger partial charge in [0.2, 0.25) is 5.13 Å². The van der Waals surface area contributed by atoms with E-state index in [4.69, 9.17) is 4.74 Å². The van der Waals surface area contributed by atoms with Crippen molar-refractivity contribution < 1.29 is 9.53 Å². The first-order valence-electron chi connectivity index (χ1n) is 6.52. The highest BCUT2D eigenvalue weighted by Crippen LogP contribution is 2.28. The molecule has 1 amide bonds. The lowest BCUT2D eigenvalue weighted by Gasteiger charge is -2.14. The van der Waals surface area contributed by atoms with E-state index in [1.54, 1.807) is 11.3 Å². The van der Waals surface area contributed by atoms with E-state index in [-0.39, 0.29) is 5.91 Å². The van der Waals surface area contributed by atoms with Gasteiger partial charge in [-0.2, -0.15) is 11.3 Å². The van der Waals surface area contributed by atoms with Crippen LogP contribution in [-0.2, 0) is 9.53 Å². The maximum atomic E-state index is 12.3. The lowest BCUT2D eigenvalue weighted by molar-refractivity contribution is -0.126. The Kier molecular flexibility index (Phi) is 4.57. The van der Waals surface area contributed by atoms with Gasteiger partial charge in [0.1, 0.15) is 5.01 Å². The van der Waals surface area contributed by atoms with Crippen LogP contribution in [0.15, 0.2) is 47.2 Å². The van der Waals surface area contributed by atoms with Gasteiger partial charge in [-0.15, -0.1) is 10.2 Å². The van der Waals surface area contributed by atoms with Gasteiger partial charge in [-0.1, -0.05) is 41.7 Å². The summed E-state index contributed by atoms with van der Waals surface area (Å²) in [7, 11) is 1.51. The number of hydrogen-bond acceptors (Lipinski definition) is 6. The van der Waals surface area contributed by atoms with Crippen molar-refractivity contribution in [1.82, 2.24) is 10.2 Å². The zero-order valence-corrected chi connectivity index (χ0v) is 13.4. The quantitative estimate of drug-likeness (QED) is 0.776. The van der Waals surface area contributed by atoms with Crippen LogP contribution >= 0.6 is 22.7 Å². The Hall–Kier alpha value is -2.09. The standard InChI is InChI=1S/C15H13N3O2S2/c1-20-12(10-5-3-2-4-6-10)13(19)16-15-18-17-14(22-15)11-7-8-21-9-11/h2-9,12H,1H3,(H,16,18,19). The summed E-state index contributed by atoms with van der Waals surface area (Å²) in [5, 5.41) is 16.1. The molecule has 7 heteroatoms. The Morgan fingerprint density at radius 2 is 2.05 bits per heavy atom. The van der Waals surface area contributed by atoms with Gasteiger partial charge in [-0.05, 0) is 17.0 Å². The van der Waals surface area contributed by atoms with Gasteiger partial charge in [0.25, 0.3) is 5.91 Å². The SMILES string of the molecule is COC(C(=O)Nc1nnc(-c2ccsc2)s1)c1ccccc1. The minimum atomic E-state index is -0.672. The van der Waals surface area contributed by atoms with E-state index in [1.165, 1.54) is 18.4 Å². The van der Waals surface area contributed by atoms with E-state index < -0.39 is 6.10 Å². The summed E-state index contributed by atoms with van der Waals surface area (Å²) in [6.07, 6.45) is -0.672. The topological polar surface area (TPSA) is 64.1 Å². The van der Waals surface area contributed by atoms with Gasteiger partial charge in [-0.3, -0.25) is 10.1 Å². The van der Waals surface area contributed by atoms with E-state index in [0.717, 1.165) is 16.1 Å². The predicted octanol–water partition coefficient (Wildman–Crippen LogP) is 3.59. The van der Waals surface area contributed by atoms with Crippen LogP contribution in [0, 0.1) is 0 Å². The van der Waals surface area contributed by atoms with Crippen LogP contribution in [0.3, 0.4) is 0 Å². The number of amides is 1. The predicted molar refractivity (Wildman–Crippen MR) is 88.0 cm³/mol. The second kappa shape index (κ2) is 6.78. The van der Waals surface area contributed by atoms with Crippen molar-refractivity contribution in [3.05, 3.63) is 52.7 Å². The number of rotatable bonds is 5. The number of nitrogens with one attached hydrogen (secondary N) is 1. The lowest BCUT2D eigenvalue weighted by atomic mass is 10.1. The summed E-state index contributed by atoms with van der Waals surface area (Å²) >= 11 is 2.93. The monoisotopic (exact) mass is 331 g/mol. The summed E-state index contributed by atoms with van der Waals surface area (Å²) < 4.78 is 5.30. The van der Waals surface area contributed by atoms with E-state index >= 15 is 0 Å². The molecule has 0 aliphatic carbocycles. The third kappa shape index (κ3) is 3.22. The summed E-state index contributed by atoms with van der Waals surface area (Å²) in [5.74, 6) is -0.262. The number of hydrogen-bond donors (Lipinski definition) is 1. The molecule has 0 bridgehead atoms. The minimum Gasteiger partial charge on any atom is -0.367 e. The number of thiophene rings is 1. The summed E-state index contributed by atoms with van der Waals surface area (Å²) in [6, 6.07) is 11.3. The Labute approximate surface area is 135 Å². The smallest absolute Gasteiger partial charge is 0.259 e. The summed E-state index contributed by atoms with van der Waals surface area (Å²) in [6.45, 7) is 0. The third-order valence-corrected chi connectivity index (χ3v) is 4.57. The fourth-order valence-corrected chi connectivity index (χ4v) is 3.43. The second-order valence-corrected chi connectivity index (χ2v) is 6.20. The van der Waals surface area contributed by atoms with E-state index in [9.17, 15) is 4.79 Å². The molecule has 1 unspecified atom stereocenters. The van der Waals surface area contributed by atoms with E-state index in [0.29, 0.717) is 5.13 Å². The van der Waals surface area contributed by atoms with Crippen molar-refractivity contribution in [2.24, 2.45) is 0 Å². The molecule has 0 radical (unpaired) electrons. The summed E-state index contributed by atoms with van der Waals surface area (Å²) in [4.78, 5) is 12.3. The van der Waals surface area contributed by atoms with Crippen molar-refractivity contribution in [3.8, 4) is 10.6 Å². The second-order valence-electron chi connectivity index (χ2n) is 4.44. The van der Waals surface area contributed by atoms with Gasteiger partial charge in [0.15, 0.2) is 6.10 Å². The van der Waals surface area contributed by atoms with Crippen molar-refractivity contribution in [3.63, 3.8) is 0 Å². The molecule has 0 saturated heterocycles. The van der Waals surface area contributed by atoms with Gasteiger partial charge in [0, 0.05) is 18.1 Å². The van der Waals surface area contributed by atoms with Crippen molar-refractivity contribution >= 4 is 33.7 Å². The van der Waals surface area contributed by atoms with Crippen molar-refractivity contribution in [1.29, 1.82) is 0 Å². The van der Waals surface area contributed by atoms with Crippen molar-refractivity contribution in [2.45, 2.75) is 6.10 Å². The van der Waals surface area contributed by atoms with Crippen LogP contribution < -0.4 is 5.32 Å². The molecule has 2 heterocycles. The molecule has 0 spiro atoms. The first-order chi connectivity index (χ1) is 10.8. The molecule has 3 rings (SSSR count). The maximum absolute atomic E-state index is 12.3. The van der Waals surface area contributed by atoms with E-state index in [1.807, 2.05) is 47.2 Å². The molecular formula is C15H13N3O2S2. The zero-order chi connectivity index (χ0) is 15.4. The molecule has 1 atom stereocenters. The molecule has 22 heavy (non-hydrogen) atoms. The van der Waals surface area contributed by atoms with Gasteiger partial charge in [0.05, 0.1) is 0 Å². The molecule has 0 aliphatic heterocycles. The largest absolute Gasteiger partial charge is 0.367 e. The number of carbonyl (C=O) groups excluding carboxylic acids is 1.